The fourth-order valence-corrected chi connectivity index (χ4v) is 8.89. The highest BCUT2D eigenvalue weighted by Crippen LogP contribution is 2.14. The lowest BCUT2D eigenvalue weighted by atomic mass is 10.1. The molecule has 1 unspecified atom stereocenters. The molecule has 0 rings (SSSR count). The van der Waals surface area contributed by atoms with Crippen LogP contribution >= 0.6 is 0 Å². The number of esters is 3. The van der Waals surface area contributed by atoms with E-state index >= 15 is 0 Å². The average Bonchev–Trinajstić information content (AvgIpc) is 3.46. The van der Waals surface area contributed by atoms with Crippen molar-refractivity contribution in [2.24, 2.45) is 0 Å². The second-order valence-electron chi connectivity index (χ2n) is 21.6. The summed E-state index contributed by atoms with van der Waals surface area (Å²) in [5.74, 6) is -0.945. The summed E-state index contributed by atoms with van der Waals surface area (Å²) in [5, 5.41) is 0. The summed E-state index contributed by atoms with van der Waals surface area (Å²) in [6, 6.07) is 0. The molecule has 0 N–H and O–H groups in total. The number of carbonyl (C=O) groups is 3. The summed E-state index contributed by atoms with van der Waals surface area (Å²) >= 11 is 0. The highest BCUT2D eigenvalue weighted by molar-refractivity contribution is 5.71. The molecule has 0 aromatic heterocycles. The van der Waals surface area contributed by atoms with Crippen LogP contribution in [0.5, 0.6) is 0 Å². The van der Waals surface area contributed by atoms with Gasteiger partial charge in [-0.25, -0.2) is 0 Å². The molecule has 0 aliphatic carbocycles. The molecule has 0 amide bonds. The Morgan fingerprint density at radius 3 is 0.787 bits per heavy atom. The molecule has 6 heteroatoms. The minimum Gasteiger partial charge on any atom is -0.462 e. The Kier molecular flexibility index (Phi) is 63.3. The first-order chi connectivity index (χ1) is 39.5. The fraction of sp³-hybridized carbons (Fsp3) is 0.662. The van der Waals surface area contributed by atoms with Crippen molar-refractivity contribution in [3.8, 4) is 0 Å². The van der Waals surface area contributed by atoms with Crippen LogP contribution in [-0.4, -0.2) is 37.2 Å². The van der Waals surface area contributed by atoms with Crippen molar-refractivity contribution in [1.82, 2.24) is 0 Å². The van der Waals surface area contributed by atoms with Crippen molar-refractivity contribution in [3.05, 3.63) is 134 Å². The molecule has 0 aliphatic rings. The molecule has 0 saturated heterocycles. The lowest BCUT2D eigenvalue weighted by molar-refractivity contribution is -0.167. The van der Waals surface area contributed by atoms with Gasteiger partial charge in [-0.05, 0) is 141 Å². The molecule has 0 saturated carbocycles. The van der Waals surface area contributed by atoms with E-state index in [1.807, 2.05) is 0 Å². The van der Waals surface area contributed by atoms with Gasteiger partial charge in [-0.3, -0.25) is 14.4 Å². The van der Waals surface area contributed by atoms with Crippen molar-refractivity contribution >= 4 is 17.9 Å². The van der Waals surface area contributed by atoms with E-state index in [1.165, 1.54) is 109 Å². The summed E-state index contributed by atoms with van der Waals surface area (Å²) in [6.07, 6.45) is 94.6. The molecule has 0 aliphatic heterocycles. The van der Waals surface area contributed by atoms with Gasteiger partial charge in [-0.2, -0.15) is 0 Å². The van der Waals surface area contributed by atoms with Gasteiger partial charge in [-0.15, -0.1) is 0 Å². The maximum absolute atomic E-state index is 12.9. The van der Waals surface area contributed by atoms with Crippen LogP contribution < -0.4 is 0 Å². The van der Waals surface area contributed by atoms with Crippen LogP contribution in [0, 0.1) is 0 Å². The lowest BCUT2D eigenvalue weighted by Crippen LogP contribution is -2.30. The van der Waals surface area contributed by atoms with E-state index < -0.39 is 6.10 Å². The third-order valence-electron chi connectivity index (χ3n) is 13.9. The van der Waals surface area contributed by atoms with Gasteiger partial charge in [-0.1, -0.05) is 270 Å². The molecule has 1 atom stereocenters. The highest BCUT2D eigenvalue weighted by atomic mass is 16.6. The van der Waals surface area contributed by atoms with E-state index in [2.05, 4.69) is 154 Å². The van der Waals surface area contributed by atoms with Crippen molar-refractivity contribution in [3.63, 3.8) is 0 Å². The van der Waals surface area contributed by atoms with Gasteiger partial charge in [0.15, 0.2) is 6.10 Å². The van der Waals surface area contributed by atoms with Gasteiger partial charge < -0.3 is 14.2 Å². The predicted molar refractivity (Wildman–Crippen MR) is 348 cm³/mol. The summed E-state index contributed by atoms with van der Waals surface area (Å²) in [4.78, 5) is 38.3. The van der Waals surface area contributed by atoms with Gasteiger partial charge in [0.2, 0.25) is 0 Å². The van der Waals surface area contributed by atoms with Crippen LogP contribution in [0.4, 0.5) is 0 Å². The average molecular weight is 1110 g/mol. The third-order valence-corrected chi connectivity index (χ3v) is 13.9. The zero-order valence-corrected chi connectivity index (χ0v) is 52.0. The van der Waals surface area contributed by atoms with E-state index in [-0.39, 0.29) is 31.1 Å². The number of hydrogen-bond donors (Lipinski definition) is 0. The first-order valence-electron chi connectivity index (χ1n) is 33.2. The molecule has 0 aromatic rings. The van der Waals surface area contributed by atoms with Crippen LogP contribution in [0.25, 0.3) is 0 Å². The van der Waals surface area contributed by atoms with Gasteiger partial charge in [0.1, 0.15) is 13.2 Å². The Hall–Kier alpha value is -4.45. The molecule has 0 spiro atoms. The summed E-state index contributed by atoms with van der Waals surface area (Å²) in [6.45, 7) is 6.49. The van der Waals surface area contributed by atoms with E-state index in [1.54, 1.807) is 0 Å². The van der Waals surface area contributed by atoms with Crippen molar-refractivity contribution in [2.75, 3.05) is 13.2 Å². The van der Waals surface area contributed by atoms with E-state index in [4.69, 9.17) is 14.2 Å². The normalized spacial score (nSPS) is 13.0. The first kappa shape index (κ1) is 75.5. The zero-order chi connectivity index (χ0) is 57.8. The number of hydrogen-bond acceptors (Lipinski definition) is 6. The largest absolute Gasteiger partial charge is 0.462 e. The summed E-state index contributed by atoms with van der Waals surface area (Å²) < 4.78 is 16.9. The van der Waals surface area contributed by atoms with Crippen LogP contribution in [0.15, 0.2) is 134 Å². The van der Waals surface area contributed by atoms with E-state index in [0.29, 0.717) is 19.3 Å². The van der Waals surface area contributed by atoms with Crippen LogP contribution in [0.3, 0.4) is 0 Å². The van der Waals surface area contributed by atoms with Crippen LogP contribution in [0.2, 0.25) is 0 Å². The minimum atomic E-state index is -0.805. The van der Waals surface area contributed by atoms with Crippen LogP contribution in [0.1, 0.15) is 297 Å². The number of unbranched alkanes of at least 4 members (excludes halogenated alkanes) is 26. The third kappa shape index (κ3) is 64.4. The van der Waals surface area contributed by atoms with Gasteiger partial charge in [0, 0.05) is 19.3 Å². The van der Waals surface area contributed by atoms with E-state index in [0.717, 1.165) is 148 Å². The number of carbonyl (C=O) groups excluding carboxylic acids is 3. The number of allylic oxidation sites excluding steroid dienone is 22. The number of ether oxygens (including phenoxy) is 3. The minimum absolute atomic E-state index is 0.0985. The quantitative estimate of drug-likeness (QED) is 0.0261. The van der Waals surface area contributed by atoms with Crippen LogP contribution in [-0.2, 0) is 28.6 Å². The van der Waals surface area contributed by atoms with Crippen molar-refractivity contribution < 1.29 is 28.6 Å². The standard InChI is InChI=1S/C74H122O6/c1-4-7-10-13-16-19-22-25-28-30-31-32-33-34-35-36-37-38-39-40-41-42-43-44-47-49-52-55-58-61-64-67-73(76)79-70-71(69-78-72(75)66-63-60-57-54-51-48-45-27-24-21-18-15-12-9-6-3)80-74(77)68-65-62-59-56-53-50-46-29-26-23-20-17-14-11-8-5-2/h7,10,16,19,25,27-29,31-32,34-35,37-38,40-41,43-46,49,52,71H,4-6,8-9,11-15,17-18,20-24,26,30,33,36,39,42,47-48,50-51,53-70H2,1-3H3/b10-7-,19-16-,28-25-,32-31-,35-34-,38-37-,41-40-,44-43-,45-27-,46-29-,52-49-. The molecule has 0 aromatic carbocycles. The predicted octanol–water partition coefficient (Wildman–Crippen LogP) is 22.9. The molecule has 0 radical (unpaired) electrons. The molecular formula is C74H122O6. The second-order valence-corrected chi connectivity index (χ2v) is 21.6. The van der Waals surface area contributed by atoms with Crippen molar-refractivity contribution in [2.45, 2.75) is 303 Å². The fourth-order valence-electron chi connectivity index (χ4n) is 8.89. The molecule has 0 fully saturated rings. The van der Waals surface area contributed by atoms with Gasteiger partial charge in [0.25, 0.3) is 0 Å². The Bertz CT molecular complexity index is 1700. The maximum Gasteiger partial charge on any atom is 0.306 e. The van der Waals surface area contributed by atoms with Crippen molar-refractivity contribution in [1.29, 1.82) is 0 Å². The molecule has 454 valence electrons. The number of rotatable bonds is 59. The molecule has 80 heavy (non-hydrogen) atoms. The Balaban J connectivity index is 4.41. The Morgan fingerprint density at radius 2 is 0.487 bits per heavy atom. The summed E-state index contributed by atoms with van der Waals surface area (Å²) in [7, 11) is 0. The SMILES string of the molecule is CC/C=C\C/C=C\C/C=C\C/C=C\C/C=C\C/C=C\C/C=C\C/C=C\C/C=C\CCCCCC(=O)OCC(COC(=O)CCCCCCC/C=C\CCCCCCCC)OC(=O)CCCCCCC/C=C\CCCCCCCCC. The molecule has 6 nitrogen and oxygen atoms in total. The topological polar surface area (TPSA) is 78.9 Å². The van der Waals surface area contributed by atoms with Gasteiger partial charge in [0.05, 0.1) is 0 Å². The highest BCUT2D eigenvalue weighted by Gasteiger charge is 2.19. The Labute approximate surface area is 494 Å². The maximum atomic E-state index is 12.9. The van der Waals surface area contributed by atoms with Gasteiger partial charge >= 0.3 is 17.9 Å². The Morgan fingerprint density at radius 1 is 0.263 bits per heavy atom. The van der Waals surface area contributed by atoms with E-state index in [9.17, 15) is 14.4 Å². The summed E-state index contributed by atoms with van der Waals surface area (Å²) in [5.41, 5.74) is 0. The molecule has 0 bridgehead atoms. The second kappa shape index (κ2) is 67.1. The lowest BCUT2D eigenvalue weighted by Gasteiger charge is -2.18. The first-order valence-corrected chi connectivity index (χ1v) is 33.2. The monoisotopic (exact) mass is 1110 g/mol. The zero-order valence-electron chi connectivity index (χ0n) is 52.0. The molecular weight excluding hydrogens is 985 g/mol. The molecule has 0 heterocycles. The smallest absolute Gasteiger partial charge is 0.306 e.